The molecule has 0 saturated carbocycles. The van der Waals surface area contributed by atoms with Crippen LogP contribution in [-0.2, 0) is 4.79 Å². The van der Waals surface area contributed by atoms with Gasteiger partial charge in [-0.3, -0.25) is 19.9 Å². The third kappa shape index (κ3) is 2.98. The second kappa shape index (κ2) is 6.90. The average molecular weight is 354 g/mol. The van der Waals surface area contributed by atoms with Gasteiger partial charge in [0.25, 0.3) is 5.69 Å². The topological polar surface area (TPSA) is 79.6 Å². The van der Waals surface area contributed by atoms with Crippen molar-refractivity contribution in [1.29, 1.82) is 0 Å². The first-order valence-corrected chi connectivity index (χ1v) is 9.20. The number of fused-ring (bicyclic) bond motifs is 1. The molecule has 2 aromatic rings. The summed E-state index contributed by atoms with van der Waals surface area (Å²) in [5.41, 5.74) is 1.07. The summed E-state index contributed by atoms with van der Waals surface area (Å²) >= 11 is 0. The number of hydrogen-bond acceptors (Lipinski definition) is 5. The van der Waals surface area contributed by atoms with Crippen molar-refractivity contribution in [2.24, 2.45) is 5.92 Å². The number of nitrogens with zero attached hydrogens (tertiary/aromatic N) is 4. The summed E-state index contributed by atoms with van der Waals surface area (Å²) < 4.78 is 0. The number of aromatic nitrogens is 1. The monoisotopic (exact) mass is 354 g/mol. The summed E-state index contributed by atoms with van der Waals surface area (Å²) in [4.78, 5) is 31.8. The number of nitro benzene ring substituents is 1. The number of hydrogen-bond donors (Lipinski definition) is 0. The van der Waals surface area contributed by atoms with Gasteiger partial charge in [-0.2, -0.15) is 0 Å². The lowest BCUT2D eigenvalue weighted by molar-refractivity contribution is -0.383. The van der Waals surface area contributed by atoms with Crippen LogP contribution in [0.4, 0.5) is 11.4 Å². The van der Waals surface area contributed by atoms with Gasteiger partial charge in [0.05, 0.1) is 10.3 Å². The number of amides is 1. The molecule has 136 valence electrons. The smallest absolute Gasteiger partial charge is 0.278 e. The Kier molecular flexibility index (Phi) is 4.44. The first-order valence-electron chi connectivity index (χ1n) is 9.20. The predicted octanol–water partition coefficient (Wildman–Crippen LogP) is 2.98. The number of rotatable bonds is 3. The Hall–Kier alpha value is -2.70. The second-order valence-electron chi connectivity index (χ2n) is 7.08. The number of pyridine rings is 1. The number of carbonyl (C=O) groups is 1. The predicted molar refractivity (Wildman–Crippen MR) is 99.1 cm³/mol. The normalized spacial score (nSPS) is 18.5. The number of benzene rings is 1. The quantitative estimate of drug-likeness (QED) is 0.625. The third-order valence-electron chi connectivity index (χ3n) is 5.57. The molecule has 0 radical (unpaired) electrons. The van der Waals surface area contributed by atoms with Gasteiger partial charge in [-0.25, -0.2) is 0 Å². The Morgan fingerprint density at radius 3 is 2.50 bits per heavy atom. The van der Waals surface area contributed by atoms with Crippen molar-refractivity contribution < 1.29 is 9.72 Å². The second-order valence-corrected chi connectivity index (χ2v) is 7.08. The summed E-state index contributed by atoms with van der Waals surface area (Å²) in [6.45, 7) is 3.39. The molecular weight excluding hydrogens is 332 g/mol. The molecule has 0 bridgehead atoms. The van der Waals surface area contributed by atoms with Crippen LogP contribution in [0.25, 0.3) is 10.8 Å². The highest BCUT2D eigenvalue weighted by Crippen LogP contribution is 2.35. The molecule has 0 N–H and O–H groups in total. The number of likely N-dealkylation sites (tertiary alicyclic amines) is 1. The SMILES string of the molecule is O=C(C1CCN(c2ccc([N+](=O)[O-])c3cnccc23)CC1)N1CCCC1. The fourth-order valence-corrected chi connectivity index (χ4v) is 4.16. The molecule has 0 spiro atoms. The molecule has 7 heteroatoms. The molecule has 3 heterocycles. The fourth-order valence-electron chi connectivity index (χ4n) is 4.16. The van der Waals surface area contributed by atoms with Gasteiger partial charge in [-0.05, 0) is 37.8 Å². The molecule has 1 amide bonds. The van der Waals surface area contributed by atoms with Crippen LogP contribution in [0.15, 0.2) is 30.6 Å². The van der Waals surface area contributed by atoms with Gasteiger partial charge in [0.1, 0.15) is 0 Å². The van der Waals surface area contributed by atoms with Crippen LogP contribution in [-0.4, -0.2) is 46.9 Å². The molecule has 0 unspecified atom stereocenters. The lowest BCUT2D eigenvalue weighted by Crippen LogP contribution is -2.41. The van der Waals surface area contributed by atoms with Gasteiger partial charge in [0, 0.05) is 61.6 Å². The van der Waals surface area contributed by atoms with E-state index in [1.165, 1.54) is 0 Å². The van der Waals surface area contributed by atoms with Crippen molar-refractivity contribution >= 4 is 28.1 Å². The van der Waals surface area contributed by atoms with Crippen molar-refractivity contribution in [2.45, 2.75) is 25.7 Å². The molecule has 0 aliphatic carbocycles. The maximum Gasteiger partial charge on any atom is 0.278 e. The first kappa shape index (κ1) is 16.8. The van der Waals surface area contributed by atoms with Gasteiger partial charge >= 0.3 is 0 Å². The van der Waals surface area contributed by atoms with Crippen molar-refractivity contribution in [3.8, 4) is 0 Å². The number of piperidine rings is 1. The van der Waals surface area contributed by atoms with Crippen LogP contribution in [0.5, 0.6) is 0 Å². The molecule has 1 aromatic heterocycles. The van der Waals surface area contributed by atoms with E-state index in [4.69, 9.17) is 0 Å². The Morgan fingerprint density at radius 1 is 1.08 bits per heavy atom. The van der Waals surface area contributed by atoms with E-state index in [9.17, 15) is 14.9 Å². The van der Waals surface area contributed by atoms with Gasteiger partial charge in [-0.15, -0.1) is 0 Å². The van der Waals surface area contributed by atoms with Crippen LogP contribution >= 0.6 is 0 Å². The Labute approximate surface area is 151 Å². The van der Waals surface area contributed by atoms with E-state index in [-0.39, 0.29) is 16.5 Å². The van der Waals surface area contributed by atoms with Crippen molar-refractivity contribution in [3.63, 3.8) is 0 Å². The maximum atomic E-state index is 12.6. The molecule has 26 heavy (non-hydrogen) atoms. The molecule has 2 aliphatic heterocycles. The lowest BCUT2D eigenvalue weighted by Gasteiger charge is -2.35. The lowest BCUT2D eigenvalue weighted by atomic mass is 9.94. The fraction of sp³-hybridized carbons (Fsp3) is 0.474. The molecule has 1 aromatic carbocycles. The van der Waals surface area contributed by atoms with Gasteiger partial charge in [0.2, 0.25) is 5.91 Å². The van der Waals surface area contributed by atoms with Crippen molar-refractivity contribution in [2.75, 3.05) is 31.1 Å². The zero-order valence-corrected chi connectivity index (χ0v) is 14.6. The summed E-state index contributed by atoms with van der Waals surface area (Å²) in [5, 5.41) is 12.7. The molecule has 7 nitrogen and oxygen atoms in total. The van der Waals surface area contributed by atoms with E-state index in [2.05, 4.69) is 9.88 Å². The summed E-state index contributed by atoms with van der Waals surface area (Å²) in [7, 11) is 0. The minimum Gasteiger partial charge on any atom is -0.371 e. The van der Waals surface area contributed by atoms with Crippen LogP contribution < -0.4 is 4.90 Å². The van der Waals surface area contributed by atoms with Crippen LogP contribution in [0.2, 0.25) is 0 Å². The highest BCUT2D eigenvalue weighted by molar-refractivity contribution is 5.99. The summed E-state index contributed by atoms with van der Waals surface area (Å²) in [6, 6.07) is 5.21. The molecule has 2 saturated heterocycles. The average Bonchev–Trinajstić information content (AvgIpc) is 3.21. The van der Waals surface area contributed by atoms with Crippen LogP contribution in [0.3, 0.4) is 0 Å². The van der Waals surface area contributed by atoms with Crippen molar-refractivity contribution in [1.82, 2.24) is 9.88 Å². The van der Waals surface area contributed by atoms with E-state index in [0.29, 0.717) is 11.3 Å². The highest BCUT2D eigenvalue weighted by Gasteiger charge is 2.30. The zero-order valence-electron chi connectivity index (χ0n) is 14.6. The first-order chi connectivity index (χ1) is 12.6. The number of anilines is 1. The third-order valence-corrected chi connectivity index (χ3v) is 5.57. The van der Waals surface area contributed by atoms with Crippen molar-refractivity contribution in [3.05, 3.63) is 40.7 Å². The van der Waals surface area contributed by atoms with E-state index in [1.807, 2.05) is 17.0 Å². The zero-order chi connectivity index (χ0) is 18.1. The standard InChI is InChI=1S/C19H22N4O3/c24-19(22-9-1-2-10-22)14-6-11-21(12-7-14)17-3-4-18(23(25)26)16-13-20-8-5-15(16)17/h3-5,8,13-14H,1-2,6-7,9-12H2. The van der Waals surface area contributed by atoms with E-state index < -0.39 is 0 Å². The van der Waals surface area contributed by atoms with Gasteiger partial charge in [0.15, 0.2) is 0 Å². The van der Waals surface area contributed by atoms with Gasteiger partial charge < -0.3 is 9.80 Å². The van der Waals surface area contributed by atoms with E-state index >= 15 is 0 Å². The number of carbonyl (C=O) groups excluding carboxylic acids is 1. The van der Waals surface area contributed by atoms with Gasteiger partial charge in [-0.1, -0.05) is 0 Å². The van der Waals surface area contributed by atoms with E-state index in [0.717, 1.165) is 62.9 Å². The Morgan fingerprint density at radius 2 is 1.81 bits per heavy atom. The summed E-state index contributed by atoms with van der Waals surface area (Å²) in [5.74, 6) is 0.412. The minimum atomic E-state index is -0.366. The summed E-state index contributed by atoms with van der Waals surface area (Å²) in [6.07, 6.45) is 7.12. The Bertz CT molecular complexity index is 840. The number of nitro groups is 1. The molecule has 0 atom stereocenters. The van der Waals surface area contributed by atoms with E-state index in [1.54, 1.807) is 18.5 Å². The molecule has 2 fully saturated rings. The largest absolute Gasteiger partial charge is 0.371 e. The molecular formula is C19H22N4O3. The highest BCUT2D eigenvalue weighted by atomic mass is 16.6. The number of non-ortho nitro benzene ring substituents is 1. The van der Waals surface area contributed by atoms with Crippen LogP contribution in [0.1, 0.15) is 25.7 Å². The molecule has 4 rings (SSSR count). The molecule has 2 aliphatic rings. The van der Waals surface area contributed by atoms with Crippen LogP contribution in [0, 0.1) is 16.0 Å². The maximum absolute atomic E-state index is 12.6. The minimum absolute atomic E-state index is 0.0796. The Balaban J connectivity index is 1.54.